The highest BCUT2D eigenvalue weighted by Gasteiger charge is 2.34. The molecule has 4 nitrogen and oxygen atoms in total. The van der Waals surface area contributed by atoms with Crippen LogP contribution in [-0.2, 0) is 19.0 Å². The Balaban J connectivity index is 2.14. The lowest BCUT2D eigenvalue weighted by Crippen LogP contribution is -2.20. The molecule has 1 aliphatic heterocycles. The van der Waals surface area contributed by atoms with Gasteiger partial charge in [-0.3, -0.25) is 4.18 Å². The van der Waals surface area contributed by atoms with E-state index in [0.717, 1.165) is 5.56 Å². The topological polar surface area (TPSA) is 55.9 Å². The van der Waals surface area contributed by atoms with E-state index in [1.165, 1.54) is 0 Å². The van der Waals surface area contributed by atoms with E-state index in [-0.39, 0.29) is 11.0 Å². The third-order valence-corrected chi connectivity index (χ3v) is 3.88. The zero-order valence-electron chi connectivity index (χ0n) is 9.21. The van der Waals surface area contributed by atoms with E-state index < -0.39 is 16.2 Å². The second-order valence-corrected chi connectivity index (χ2v) is 5.51. The maximum absolute atomic E-state index is 11.8. The van der Waals surface area contributed by atoms with Gasteiger partial charge in [0, 0.05) is 0 Å². The summed E-state index contributed by atoms with van der Waals surface area (Å²) in [5.41, 5.74) is 1.01. The molecular formula is C11H14O4S. The molecule has 0 saturated carbocycles. The van der Waals surface area contributed by atoms with Gasteiger partial charge in [0.15, 0.2) is 0 Å². The van der Waals surface area contributed by atoms with Crippen LogP contribution in [0.2, 0.25) is 0 Å². The summed E-state index contributed by atoms with van der Waals surface area (Å²) in [6.07, 6.45) is -0.508. The van der Waals surface area contributed by atoms with Crippen LogP contribution in [0.5, 0.6) is 0 Å². The number of hydrogen-bond acceptors (Lipinski definition) is 4. The van der Waals surface area contributed by atoms with Crippen LogP contribution in [0.4, 0.5) is 0 Å². The quantitative estimate of drug-likeness (QED) is 0.593. The van der Waals surface area contributed by atoms with Gasteiger partial charge >= 0.3 is 0 Å². The SMILES string of the molecule is Cc1ccc(S(=O)(=O)OC(C)[C@H]2CO2)cc1. The normalized spacial score (nSPS) is 21.8. The molecule has 1 saturated heterocycles. The maximum Gasteiger partial charge on any atom is 0.297 e. The van der Waals surface area contributed by atoms with Crippen LogP contribution in [0.25, 0.3) is 0 Å². The van der Waals surface area contributed by atoms with E-state index in [9.17, 15) is 8.42 Å². The van der Waals surface area contributed by atoms with Crippen molar-refractivity contribution < 1.29 is 17.3 Å². The van der Waals surface area contributed by atoms with Gasteiger partial charge in [0.25, 0.3) is 10.1 Å². The highest BCUT2D eigenvalue weighted by atomic mass is 32.2. The van der Waals surface area contributed by atoms with Crippen molar-refractivity contribution >= 4 is 10.1 Å². The van der Waals surface area contributed by atoms with Gasteiger partial charge in [-0.2, -0.15) is 8.42 Å². The van der Waals surface area contributed by atoms with Crippen molar-refractivity contribution in [1.29, 1.82) is 0 Å². The van der Waals surface area contributed by atoms with Crippen LogP contribution in [0.15, 0.2) is 29.2 Å². The molecule has 0 N–H and O–H groups in total. The van der Waals surface area contributed by atoms with Crippen LogP contribution >= 0.6 is 0 Å². The number of rotatable bonds is 4. The Labute approximate surface area is 95.3 Å². The Bertz CT molecular complexity index is 459. The molecule has 1 fully saturated rings. The minimum Gasteiger partial charge on any atom is -0.370 e. The van der Waals surface area contributed by atoms with Crippen molar-refractivity contribution in [3.63, 3.8) is 0 Å². The van der Waals surface area contributed by atoms with E-state index in [1.54, 1.807) is 31.2 Å². The summed E-state index contributed by atoms with van der Waals surface area (Å²) in [4.78, 5) is 0.186. The summed E-state index contributed by atoms with van der Waals surface area (Å²) in [5, 5.41) is 0. The first kappa shape index (κ1) is 11.6. The largest absolute Gasteiger partial charge is 0.370 e. The van der Waals surface area contributed by atoms with Crippen molar-refractivity contribution in [2.75, 3.05) is 6.61 Å². The molecule has 2 rings (SSSR count). The van der Waals surface area contributed by atoms with Crippen LogP contribution in [0, 0.1) is 6.92 Å². The molecule has 0 aromatic heterocycles. The molecule has 0 aliphatic carbocycles. The van der Waals surface area contributed by atoms with E-state index in [0.29, 0.717) is 6.61 Å². The van der Waals surface area contributed by atoms with Crippen LogP contribution in [-0.4, -0.2) is 27.2 Å². The first-order valence-corrected chi connectivity index (χ1v) is 6.51. The molecular weight excluding hydrogens is 228 g/mol. The fourth-order valence-electron chi connectivity index (χ4n) is 1.35. The highest BCUT2D eigenvalue weighted by molar-refractivity contribution is 7.86. The van der Waals surface area contributed by atoms with Crippen LogP contribution in [0.1, 0.15) is 12.5 Å². The smallest absolute Gasteiger partial charge is 0.297 e. The lowest BCUT2D eigenvalue weighted by molar-refractivity contribution is 0.183. The van der Waals surface area contributed by atoms with Gasteiger partial charge in [0.05, 0.1) is 11.5 Å². The Kier molecular flexibility index (Phi) is 3.01. The molecule has 5 heteroatoms. The third kappa shape index (κ3) is 2.61. The number of aryl methyl sites for hydroxylation is 1. The number of ether oxygens (including phenoxy) is 1. The zero-order valence-corrected chi connectivity index (χ0v) is 10.0. The Hall–Kier alpha value is -0.910. The molecule has 1 aromatic rings. The fraction of sp³-hybridized carbons (Fsp3) is 0.455. The minimum atomic E-state index is -3.66. The Morgan fingerprint density at radius 3 is 2.44 bits per heavy atom. The van der Waals surface area contributed by atoms with Gasteiger partial charge in [-0.05, 0) is 26.0 Å². The van der Waals surface area contributed by atoms with Crippen molar-refractivity contribution in [3.8, 4) is 0 Å². The number of benzene rings is 1. The monoisotopic (exact) mass is 242 g/mol. The first-order chi connectivity index (χ1) is 7.49. The summed E-state index contributed by atoms with van der Waals surface area (Å²) in [5.74, 6) is 0. The maximum atomic E-state index is 11.8. The molecule has 1 aromatic carbocycles. The fourth-order valence-corrected chi connectivity index (χ4v) is 2.45. The second-order valence-electron chi connectivity index (χ2n) is 3.94. The molecule has 1 heterocycles. The average molecular weight is 242 g/mol. The molecule has 1 unspecified atom stereocenters. The van der Waals surface area contributed by atoms with Crippen molar-refractivity contribution in [2.45, 2.75) is 31.0 Å². The number of epoxide rings is 1. The molecule has 2 atom stereocenters. The van der Waals surface area contributed by atoms with Crippen molar-refractivity contribution in [3.05, 3.63) is 29.8 Å². The van der Waals surface area contributed by atoms with Gasteiger partial charge in [-0.25, -0.2) is 0 Å². The predicted octanol–water partition coefficient (Wildman–Crippen LogP) is 1.49. The van der Waals surface area contributed by atoms with Crippen molar-refractivity contribution in [1.82, 2.24) is 0 Å². The highest BCUT2D eigenvalue weighted by Crippen LogP contribution is 2.21. The summed E-state index contributed by atoms with van der Waals surface area (Å²) < 4.78 is 33.6. The van der Waals surface area contributed by atoms with Gasteiger partial charge in [0.2, 0.25) is 0 Å². The lowest BCUT2D eigenvalue weighted by Gasteiger charge is -2.10. The predicted molar refractivity (Wildman–Crippen MR) is 58.7 cm³/mol. The van der Waals surface area contributed by atoms with Crippen LogP contribution in [0.3, 0.4) is 0 Å². The van der Waals surface area contributed by atoms with E-state index in [4.69, 9.17) is 8.92 Å². The molecule has 0 spiro atoms. The van der Waals surface area contributed by atoms with E-state index >= 15 is 0 Å². The van der Waals surface area contributed by atoms with Gasteiger partial charge in [-0.1, -0.05) is 17.7 Å². The summed E-state index contributed by atoms with van der Waals surface area (Å²) in [6, 6.07) is 6.58. The van der Waals surface area contributed by atoms with Crippen LogP contribution < -0.4 is 0 Å². The summed E-state index contributed by atoms with van der Waals surface area (Å²) in [7, 11) is -3.66. The number of hydrogen-bond donors (Lipinski definition) is 0. The molecule has 0 bridgehead atoms. The minimum absolute atomic E-state index is 0.0831. The zero-order chi connectivity index (χ0) is 11.8. The van der Waals surface area contributed by atoms with E-state index in [1.807, 2.05) is 6.92 Å². The Morgan fingerprint density at radius 2 is 1.94 bits per heavy atom. The van der Waals surface area contributed by atoms with Crippen molar-refractivity contribution in [2.24, 2.45) is 0 Å². The third-order valence-electron chi connectivity index (χ3n) is 2.47. The molecule has 16 heavy (non-hydrogen) atoms. The molecule has 1 aliphatic rings. The van der Waals surface area contributed by atoms with Gasteiger partial charge < -0.3 is 4.74 Å². The summed E-state index contributed by atoms with van der Waals surface area (Å²) in [6.45, 7) is 4.17. The Morgan fingerprint density at radius 1 is 1.38 bits per heavy atom. The average Bonchev–Trinajstić information content (AvgIpc) is 3.00. The lowest BCUT2D eigenvalue weighted by atomic mass is 10.2. The molecule has 88 valence electrons. The molecule has 0 amide bonds. The molecule has 0 radical (unpaired) electrons. The first-order valence-electron chi connectivity index (χ1n) is 5.10. The second kappa shape index (κ2) is 4.16. The van der Waals surface area contributed by atoms with Gasteiger partial charge in [-0.15, -0.1) is 0 Å². The van der Waals surface area contributed by atoms with Gasteiger partial charge in [0.1, 0.15) is 12.2 Å². The standard InChI is InChI=1S/C11H14O4S/c1-8-3-5-10(6-4-8)16(12,13)15-9(2)11-7-14-11/h3-6,9,11H,7H2,1-2H3/t9?,11-/m1/s1. The summed E-state index contributed by atoms with van der Waals surface area (Å²) >= 11 is 0. The van der Waals surface area contributed by atoms with E-state index in [2.05, 4.69) is 0 Å².